The second kappa shape index (κ2) is 6.34. The van der Waals surface area contributed by atoms with Crippen molar-refractivity contribution in [2.24, 2.45) is 0 Å². The van der Waals surface area contributed by atoms with Crippen LogP contribution in [0.2, 0.25) is 0 Å². The minimum atomic E-state index is 0.0441. The fourth-order valence-electron chi connectivity index (χ4n) is 4.49. The van der Waals surface area contributed by atoms with Crippen molar-refractivity contribution in [3.63, 3.8) is 0 Å². The van der Waals surface area contributed by atoms with Gasteiger partial charge in [0, 0.05) is 32.3 Å². The Kier molecular flexibility index (Phi) is 4.05. The minimum absolute atomic E-state index is 0.0441. The van der Waals surface area contributed by atoms with Crippen molar-refractivity contribution in [1.82, 2.24) is 9.97 Å². The zero-order chi connectivity index (χ0) is 18.7. The fraction of sp³-hybridized carbons (Fsp3) is 0.333. The van der Waals surface area contributed by atoms with Crippen LogP contribution >= 0.6 is 22.7 Å². The van der Waals surface area contributed by atoms with Gasteiger partial charge >= 0.3 is 0 Å². The summed E-state index contributed by atoms with van der Waals surface area (Å²) in [5.74, 6) is 0. The highest BCUT2D eigenvalue weighted by Gasteiger charge is 2.26. The topological polar surface area (TPSA) is 72.0 Å². The first kappa shape index (κ1) is 17.3. The Bertz CT molecular complexity index is 1110. The predicted octanol–water partition coefficient (Wildman–Crippen LogP) is 5.47. The molecule has 1 aliphatic rings. The molecule has 5 rings (SSSR count). The molecule has 0 bridgehead atoms. The number of nitrogens with one attached hydrogen (secondary N) is 2. The maximum atomic E-state index is 9.50. The Balaban J connectivity index is 1.76. The predicted molar refractivity (Wildman–Crippen MR) is 114 cm³/mol. The summed E-state index contributed by atoms with van der Waals surface area (Å²) >= 11 is 3.60. The van der Waals surface area contributed by atoms with Crippen molar-refractivity contribution < 1.29 is 10.2 Å². The Hall–Kier alpha value is -1.86. The van der Waals surface area contributed by atoms with Crippen molar-refractivity contribution in [3.05, 3.63) is 44.4 Å². The van der Waals surface area contributed by atoms with Crippen LogP contribution < -0.4 is 0 Å². The van der Waals surface area contributed by atoms with Crippen LogP contribution in [0.1, 0.15) is 51.5 Å². The van der Waals surface area contributed by atoms with Crippen LogP contribution in [-0.2, 0) is 13.2 Å². The van der Waals surface area contributed by atoms with Crippen LogP contribution in [-0.4, -0.2) is 20.2 Å². The van der Waals surface area contributed by atoms with Crippen LogP contribution in [0.25, 0.3) is 31.6 Å². The van der Waals surface area contributed by atoms with Gasteiger partial charge in [0.1, 0.15) is 0 Å². The van der Waals surface area contributed by atoms with Gasteiger partial charge in [-0.2, -0.15) is 0 Å². The van der Waals surface area contributed by atoms with Crippen LogP contribution in [0.3, 0.4) is 0 Å². The number of hydrogen-bond acceptors (Lipinski definition) is 4. The van der Waals surface area contributed by atoms with E-state index in [9.17, 15) is 10.2 Å². The second-order valence-electron chi connectivity index (χ2n) is 7.26. The lowest BCUT2D eigenvalue weighted by molar-refractivity contribution is 0.277. The molecule has 27 heavy (non-hydrogen) atoms. The summed E-state index contributed by atoms with van der Waals surface area (Å²) in [6, 6.07) is 4.14. The maximum Gasteiger partial charge on any atom is 0.0831 e. The molecule has 140 valence electrons. The third-order valence-corrected chi connectivity index (χ3v) is 7.67. The summed E-state index contributed by atoms with van der Waals surface area (Å²) in [6.45, 7) is 4.48. The molecule has 0 amide bonds. The van der Waals surface area contributed by atoms with Gasteiger partial charge in [0.25, 0.3) is 0 Å². The van der Waals surface area contributed by atoms with Gasteiger partial charge in [0.05, 0.1) is 33.6 Å². The average molecular weight is 399 g/mol. The Morgan fingerprint density at radius 3 is 1.67 bits per heavy atom. The van der Waals surface area contributed by atoms with E-state index >= 15 is 0 Å². The highest BCUT2D eigenvalue weighted by atomic mass is 32.1. The zero-order valence-corrected chi connectivity index (χ0v) is 17.0. The molecule has 0 radical (unpaired) electrons. The third kappa shape index (κ3) is 2.55. The fourth-order valence-corrected chi connectivity index (χ4v) is 6.71. The average Bonchev–Trinajstić information content (AvgIpc) is 3.41. The van der Waals surface area contributed by atoms with Gasteiger partial charge in [0.15, 0.2) is 0 Å². The molecule has 4 aromatic heterocycles. The van der Waals surface area contributed by atoms with E-state index < -0.39 is 0 Å². The lowest BCUT2D eigenvalue weighted by Gasteiger charge is -2.09. The van der Waals surface area contributed by atoms with Crippen molar-refractivity contribution >= 4 is 54.3 Å². The largest absolute Gasteiger partial charge is 0.390 e. The van der Waals surface area contributed by atoms with Crippen LogP contribution in [0, 0.1) is 13.8 Å². The molecule has 4 N–H and O–H groups in total. The number of aromatic nitrogens is 2. The number of thiophene rings is 2. The van der Waals surface area contributed by atoms with Crippen molar-refractivity contribution in [3.8, 4) is 0 Å². The quantitative estimate of drug-likeness (QED) is 0.368. The highest BCUT2D eigenvalue weighted by Crippen LogP contribution is 2.49. The molecule has 0 fully saturated rings. The summed E-state index contributed by atoms with van der Waals surface area (Å²) < 4.78 is 2.44. The minimum Gasteiger partial charge on any atom is -0.390 e. The van der Waals surface area contributed by atoms with E-state index in [0.29, 0.717) is 0 Å². The number of rotatable bonds is 4. The van der Waals surface area contributed by atoms with Crippen molar-refractivity contribution in [2.45, 2.75) is 46.3 Å². The molecule has 0 atom stereocenters. The van der Waals surface area contributed by atoms with E-state index in [1.165, 1.54) is 58.9 Å². The number of H-pyrrole nitrogens is 2. The number of aliphatic hydroxyl groups is 2. The van der Waals surface area contributed by atoms with Gasteiger partial charge < -0.3 is 20.2 Å². The smallest absolute Gasteiger partial charge is 0.0831 e. The number of aromatic amines is 2. The van der Waals surface area contributed by atoms with Gasteiger partial charge in [-0.25, -0.2) is 0 Å². The number of aryl methyl sites for hydroxylation is 2. The molecule has 0 saturated carbocycles. The lowest BCUT2D eigenvalue weighted by atomic mass is 9.96. The summed E-state index contributed by atoms with van der Waals surface area (Å²) in [5.41, 5.74) is 9.63. The van der Waals surface area contributed by atoms with Gasteiger partial charge in [-0.3, -0.25) is 0 Å². The van der Waals surface area contributed by atoms with E-state index in [1.54, 1.807) is 22.7 Å². The van der Waals surface area contributed by atoms with Gasteiger partial charge in [-0.15, -0.1) is 22.7 Å². The Labute approximate surface area is 165 Å². The molecule has 0 spiro atoms. The Morgan fingerprint density at radius 1 is 0.815 bits per heavy atom. The van der Waals surface area contributed by atoms with E-state index in [0.717, 1.165) is 24.2 Å². The first-order valence-corrected chi connectivity index (χ1v) is 10.9. The zero-order valence-electron chi connectivity index (χ0n) is 15.4. The number of fused-ring (bicyclic) bond motifs is 2. The summed E-state index contributed by atoms with van der Waals surface area (Å²) in [5, 5.41) is 19.0. The summed E-state index contributed by atoms with van der Waals surface area (Å²) in [7, 11) is 0. The number of hydrogen-bond donors (Lipinski definition) is 4. The van der Waals surface area contributed by atoms with E-state index in [1.807, 2.05) is 0 Å². The maximum absolute atomic E-state index is 9.50. The van der Waals surface area contributed by atoms with E-state index in [-0.39, 0.29) is 13.2 Å². The van der Waals surface area contributed by atoms with Crippen LogP contribution in [0.5, 0.6) is 0 Å². The number of aliphatic hydroxyl groups excluding tert-OH is 2. The van der Waals surface area contributed by atoms with Gasteiger partial charge in [-0.05, 0) is 56.4 Å². The molecule has 4 nitrogen and oxygen atoms in total. The van der Waals surface area contributed by atoms with Gasteiger partial charge in [0.2, 0.25) is 0 Å². The highest BCUT2D eigenvalue weighted by molar-refractivity contribution is 7.19. The molecular weight excluding hydrogens is 376 g/mol. The van der Waals surface area contributed by atoms with E-state index in [2.05, 4.69) is 35.9 Å². The van der Waals surface area contributed by atoms with Crippen LogP contribution in [0.4, 0.5) is 0 Å². The lowest BCUT2D eigenvalue weighted by Crippen LogP contribution is -1.90. The second-order valence-corrected chi connectivity index (χ2v) is 9.77. The molecular formula is C21H22N2O2S2. The molecule has 4 heterocycles. The first-order valence-electron chi connectivity index (χ1n) is 9.27. The third-order valence-electron chi connectivity index (χ3n) is 5.57. The molecule has 4 aromatic rings. The van der Waals surface area contributed by atoms with Gasteiger partial charge in [-0.1, -0.05) is 0 Å². The summed E-state index contributed by atoms with van der Waals surface area (Å²) in [4.78, 5) is 9.53. The van der Waals surface area contributed by atoms with Crippen molar-refractivity contribution in [1.29, 1.82) is 0 Å². The summed E-state index contributed by atoms with van der Waals surface area (Å²) in [6.07, 6.45) is 3.33. The monoisotopic (exact) mass is 398 g/mol. The molecule has 0 saturated heterocycles. The Morgan fingerprint density at radius 2 is 1.26 bits per heavy atom. The molecule has 6 heteroatoms. The molecule has 0 aliphatic heterocycles. The normalized spacial score (nSPS) is 15.1. The standard InChI is InChI=1S/C21H22N2O2S2/c1-10-18(20-16(26-10)6-12(8-24)22-20)14-4-3-5-15(14)19-11(2)27-17-7-13(9-25)23-21(17)19/h6-7,22-25H,3-5,8-9H2,1-2H3. The van der Waals surface area contributed by atoms with Crippen LogP contribution in [0.15, 0.2) is 12.1 Å². The van der Waals surface area contributed by atoms with E-state index in [4.69, 9.17) is 0 Å². The molecule has 0 unspecified atom stereocenters. The molecule has 1 aliphatic carbocycles. The number of allylic oxidation sites excluding steroid dienone is 2. The molecule has 0 aromatic carbocycles. The SMILES string of the molecule is Cc1sc2cc(CO)[nH]c2c1C1=C(c2c(C)sc3cc(CO)[nH]c23)CCC1. The first-order chi connectivity index (χ1) is 13.1. The van der Waals surface area contributed by atoms with Crippen molar-refractivity contribution in [2.75, 3.05) is 0 Å².